The molecule has 0 radical (unpaired) electrons. The zero-order valence-electron chi connectivity index (χ0n) is 19.8. The fourth-order valence-corrected chi connectivity index (χ4v) is 4.31. The highest BCUT2D eigenvalue weighted by Gasteiger charge is 2.27. The van der Waals surface area contributed by atoms with Gasteiger partial charge in [0.1, 0.15) is 0 Å². The summed E-state index contributed by atoms with van der Waals surface area (Å²) in [4.78, 5) is 26.0. The molecule has 168 valence electrons. The second-order valence-electron chi connectivity index (χ2n) is 9.32. The molecule has 0 heterocycles. The molecule has 2 unspecified atom stereocenters. The average Bonchev–Trinajstić information content (AvgIpc) is 2.68. The number of nitrogens with one attached hydrogen (secondary N) is 2. The molecule has 2 rings (SSSR count). The quantitative estimate of drug-likeness (QED) is 0.548. The van der Waals surface area contributed by atoms with Crippen LogP contribution in [0.4, 0.5) is 0 Å². The van der Waals surface area contributed by atoms with Gasteiger partial charge in [-0.1, -0.05) is 88.4 Å². The van der Waals surface area contributed by atoms with Crippen molar-refractivity contribution >= 4 is 11.8 Å². The first-order valence-electron chi connectivity index (χ1n) is 11.4. The van der Waals surface area contributed by atoms with Gasteiger partial charge >= 0.3 is 0 Å². The lowest BCUT2D eigenvalue weighted by atomic mass is 9.87. The first-order chi connectivity index (χ1) is 14.7. The highest BCUT2D eigenvalue weighted by Crippen LogP contribution is 2.26. The molecule has 0 bridgehead atoms. The summed E-state index contributed by atoms with van der Waals surface area (Å²) in [5, 5.41) is 6.31. The van der Waals surface area contributed by atoms with Crippen molar-refractivity contribution in [2.45, 2.75) is 71.9 Å². The van der Waals surface area contributed by atoms with Crippen LogP contribution in [0.25, 0.3) is 0 Å². The van der Waals surface area contributed by atoms with E-state index in [4.69, 9.17) is 0 Å². The number of benzene rings is 2. The standard InChI is InChI=1S/C27H38N2O2/c1-18(2)24(22-13-9-7-10-14-22)26(30)28-20(5)17-21(6)29-27(31)25(19(3)4)23-15-11-8-12-16-23/h7-16,18-21,24-25H,17H2,1-6H3,(H,28,30)(H,29,31)/t20?,21?,24-,25+. The number of hydrogen-bond donors (Lipinski definition) is 2. The van der Waals surface area contributed by atoms with E-state index in [1.54, 1.807) is 0 Å². The predicted molar refractivity (Wildman–Crippen MR) is 128 cm³/mol. The van der Waals surface area contributed by atoms with Crippen molar-refractivity contribution in [2.75, 3.05) is 0 Å². The van der Waals surface area contributed by atoms with Crippen LogP contribution in [0.1, 0.15) is 70.9 Å². The van der Waals surface area contributed by atoms with Crippen molar-refractivity contribution in [1.29, 1.82) is 0 Å². The summed E-state index contributed by atoms with van der Waals surface area (Å²) >= 11 is 0. The summed E-state index contributed by atoms with van der Waals surface area (Å²) in [6.45, 7) is 12.3. The lowest BCUT2D eigenvalue weighted by Crippen LogP contribution is -2.44. The summed E-state index contributed by atoms with van der Waals surface area (Å²) in [5.41, 5.74) is 2.07. The summed E-state index contributed by atoms with van der Waals surface area (Å²) in [5.74, 6) is 0.107. The van der Waals surface area contributed by atoms with Crippen LogP contribution in [0, 0.1) is 11.8 Å². The second kappa shape index (κ2) is 11.7. The summed E-state index contributed by atoms with van der Waals surface area (Å²) in [6.07, 6.45) is 0.677. The molecule has 2 aromatic carbocycles. The minimum atomic E-state index is -0.183. The Labute approximate surface area is 187 Å². The number of carbonyl (C=O) groups excluding carboxylic acids is 2. The monoisotopic (exact) mass is 422 g/mol. The molecule has 4 nitrogen and oxygen atoms in total. The maximum atomic E-state index is 13.0. The third kappa shape index (κ3) is 7.23. The molecule has 2 N–H and O–H groups in total. The van der Waals surface area contributed by atoms with Gasteiger partial charge in [0.15, 0.2) is 0 Å². The second-order valence-corrected chi connectivity index (χ2v) is 9.32. The average molecular weight is 423 g/mol. The van der Waals surface area contributed by atoms with Crippen molar-refractivity contribution < 1.29 is 9.59 Å². The van der Waals surface area contributed by atoms with Crippen LogP contribution in [0.3, 0.4) is 0 Å². The van der Waals surface area contributed by atoms with Crippen molar-refractivity contribution in [3.63, 3.8) is 0 Å². The van der Waals surface area contributed by atoms with Crippen LogP contribution in [-0.2, 0) is 9.59 Å². The van der Waals surface area contributed by atoms with Gasteiger partial charge in [0.25, 0.3) is 0 Å². The van der Waals surface area contributed by atoms with E-state index < -0.39 is 0 Å². The van der Waals surface area contributed by atoms with Crippen LogP contribution in [0.5, 0.6) is 0 Å². The van der Waals surface area contributed by atoms with Crippen LogP contribution in [0.2, 0.25) is 0 Å². The van der Waals surface area contributed by atoms with E-state index >= 15 is 0 Å². The Morgan fingerprint density at radius 3 is 1.23 bits per heavy atom. The molecule has 0 aliphatic heterocycles. The van der Waals surface area contributed by atoms with E-state index in [1.165, 1.54) is 0 Å². The Morgan fingerprint density at radius 1 is 0.613 bits per heavy atom. The third-order valence-electron chi connectivity index (χ3n) is 5.70. The summed E-state index contributed by atoms with van der Waals surface area (Å²) < 4.78 is 0. The van der Waals surface area contributed by atoms with Crippen LogP contribution < -0.4 is 10.6 Å². The Morgan fingerprint density at radius 2 is 0.935 bits per heavy atom. The molecule has 31 heavy (non-hydrogen) atoms. The van der Waals surface area contributed by atoms with E-state index in [1.807, 2.05) is 74.5 Å². The fourth-order valence-electron chi connectivity index (χ4n) is 4.31. The zero-order chi connectivity index (χ0) is 23.0. The Balaban J connectivity index is 1.96. The minimum absolute atomic E-state index is 0.0385. The van der Waals surface area contributed by atoms with Gasteiger partial charge in [0, 0.05) is 12.1 Å². The molecule has 0 aliphatic carbocycles. The first kappa shape index (κ1) is 24.6. The minimum Gasteiger partial charge on any atom is -0.353 e. The molecule has 0 saturated heterocycles. The molecule has 4 heteroatoms. The molecular formula is C27H38N2O2. The molecule has 0 aromatic heterocycles. The van der Waals surface area contributed by atoms with E-state index in [0.29, 0.717) is 6.42 Å². The first-order valence-corrected chi connectivity index (χ1v) is 11.4. The molecule has 2 aromatic rings. The van der Waals surface area contributed by atoms with Gasteiger partial charge in [0.2, 0.25) is 11.8 Å². The number of rotatable bonds is 10. The topological polar surface area (TPSA) is 58.2 Å². The molecule has 0 aliphatic rings. The Bertz CT molecular complexity index is 748. The van der Waals surface area contributed by atoms with Crippen LogP contribution in [0.15, 0.2) is 60.7 Å². The zero-order valence-corrected chi connectivity index (χ0v) is 19.8. The summed E-state index contributed by atoms with van der Waals surface area (Å²) in [7, 11) is 0. The Hall–Kier alpha value is -2.62. The van der Waals surface area contributed by atoms with E-state index in [-0.39, 0.29) is 47.6 Å². The molecule has 0 fully saturated rings. The Kier molecular flexibility index (Phi) is 9.29. The van der Waals surface area contributed by atoms with Gasteiger partial charge in [-0.3, -0.25) is 9.59 Å². The highest BCUT2D eigenvalue weighted by atomic mass is 16.2. The van der Waals surface area contributed by atoms with Gasteiger partial charge in [-0.2, -0.15) is 0 Å². The number of hydrogen-bond acceptors (Lipinski definition) is 2. The molecule has 2 amide bonds. The lowest BCUT2D eigenvalue weighted by Gasteiger charge is -2.27. The SMILES string of the molecule is CC(CC(C)NC(=O)[C@@H](c1ccccc1)C(C)C)NC(=O)[C@H](c1ccccc1)C(C)C. The van der Waals surface area contributed by atoms with Crippen LogP contribution in [-0.4, -0.2) is 23.9 Å². The molecule has 4 atom stereocenters. The van der Waals surface area contributed by atoms with Gasteiger partial charge in [-0.05, 0) is 43.2 Å². The van der Waals surface area contributed by atoms with Gasteiger partial charge in [-0.25, -0.2) is 0 Å². The van der Waals surface area contributed by atoms with Gasteiger partial charge in [0.05, 0.1) is 11.8 Å². The van der Waals surface area contributed by atoms with Crippen LogP contribution >= 0.6 is 0 Å². The number of amides is 2. The van der Waals surface area contributed by atoms with Gasteiger partial charge < -0.3 is 10.6 Å². The molecule has 0 saturated carbocycles. The van der Waals surface area contributed by atoms with E-state index in [0.717, 1.165) is 11.1 Å². The third-order valence-corrected chi connectivity index (χ3v) is 5.70. The lowest BCUT2D eigenvalue weighted by molar-refractivity contribution is -0.124. The number of carbonyl (C=O) groups is 2. The maximum absolute atomic E-state index is 13.0. The maximum Gasteiger partial charge on any atom is 0.228 e. The molecular weight excluding hydrogens is 384 g/mol. The fraction of sp³-hybridized carbons (Fsp3) is 0.481. The van der Waals surface area contributed by atoms with Crippen molar-refractivity contribution in [3.05, 3.63) is 71.8 Å². The van der Waals surface area contributed by atoms with Gasteiger partial charge in [-0.15, -0.1) is 0 Å². The van der Waals surface area contributed by atoms with E-state index in [2.05, 4.69) is 38.3 Å². The van der Waals surface area contributed by atoms with Crippen molar-refractivity contribution in [3.8, 4) is 0 Å². The largest absolute Gasteiger partial charge is 0.353 e. The smallest absolute Gasteiger partial charge is 0.228 e. The highest BCUT2D eigenvalue weighted by molar-refractivity contribution is 5.85. The predicted octanol–water partition coefficient (Wildman–Crippen LogP) is 5.27. The van der Waals surface area contributed by atoms with Crippen molar-refractivity contribution in [2.24, 2.45) is 11.8 Å². The van der Waals surface area contributed by atoms with E-state index in [9.17, 15) is 9.59 Å². The normalized spacial score (nSPS) is 15.2. The molecule has 0 spiro atoms. The summed E-state index contributed by atoms with van der Waals surface area (Å²) in [6, 6.07) is 19.8. The van der Waals surface area contributed by atoms with Crippen molar-refractivity contribution in [1.82, 2.24) is 10.6 Å².